The average Bonchev–Trinajstić information content (AvgIpc) is 1.85. The molecule has 0 aliphatic carbocycles. The summed E-state index contributed by atoms with van der Waals surface area (Å²) < 4.78 is 0. The third-order valence-corrected chi connectivity index (χ3v) is 1.30. The SMILES string of the molecule is [C-]#[N+]c1c(C)cc(=O)[nH]c1O. The fourth-order valence-corrected chi connectivity index (χ4v) is 0.805. The molecule has 0 radical (unpaired) electrons. The van der Waals surface area contributed by atoms with Crippen LogP contribution in [0.3, 0.4) is 0 Å². The van der Waals surface area contributed by atoms with Crippen LogP contribution in [0.5, 0.6) is 5.88 Å². The van der Waals surface area contributed by atoms with Crippen LogP contribution >= 0.6 is 0 Å². The lowest BCUT2D eigenvalue weighted by atomic mass is 10.2. The molecule has 0 saturated carbocycles. The first kappa shape index (κ1) is 7.35. The van der Waals surface area contributed by atoms with Crippen LogP contribution in [-0.2, 0) is 0 Å². The normalized spacial score (nSPS) is 9.09. The molecule has 0 amide bonds. The third-order valence-electron chi connectivity index (χ3n) is 1.30. The Kier molecular flexibility index (Phi) is 1.65. The highest BCUT2D eigenvalue weighted by molar-refractivity contribution is 5.58. The molecule has 4 nitrogen and oxygen atoms in total. The summed E-state index contributed by atoms with van der Waals surface area (Å²) in [6.45, 7) is 8.24. The number of hydrogen-bond acceptors (Lipinski definition) is 2. The van der Waals surface area contributed by atoms with Gasteiger partial charge in [0.1, 0.15) is 0 Å². The first-order chi connectivity index (χ1) is 5.15. The maximum atomic E-state index is 10.7. The van der Waals surface area contributed by atoms with E-state index in [-0.39, 0.29) is 11.6 Å². The number of aryl methyl sites for hydroxylation is 1. The Morgan fingerprint density at radius 1 is 1.73 bits per heavy atom. The van der Waals surface area contributed by atoms with E-state index in [1.807, 2.05) is 0 Å². The Morgan fingerprint density at radius 2 is 2.36 bits per heavy atom. The zero-order chi connectivity index (χ0) is 8.43. The molecule has 1 aromatic rings. The van der Waals surface area contributed by atoms with Gasteiger partial charge in [-0.1, -0.05) is 0 Å². The quantitative estimate of drug-likeness (QED) is 0.541. The summed E-state index contributed by atoms with van der Waals surface area (Å²) in [4.78, 5) is 15.8. The molecule has 1 aromatic heterocycles. The lowest BCUT2D eigenvalue weighted by Crippen LogP contribution is -2.03. The van der Waals surface area contributed by atoms with E-state index in [1.54, 1.807) is 6.92 Å². The second-order valence-electron chi connectivity index (χ2n) is 2.13. The number of aromatic nitrogens is 1. The van der Waals surface area contributed by atoms with Gasteiger partial charge in [-0.15, -0.1) is 0 Å². The smallest absolute Gasteiger partial charge is 0.248 e. The first-order valence-electron chi connectivity index (χ1n) is 2.95. The van der Waals surface area contributed by atoms with Crippen molar-refractivity contribution < 1.29 is 5.11 Å². The van der Waals surface area contributed by atoms with Crippen LogP contribution in [0.1, 0.15) is 5.56 Å². The maximum absolute atomic E-state index is 10.7. The highest BCUT2D eigenvalue weighted by Crippen LogP contribution is 2.24. The largest absolute Gasteiger partial charge is 0.503 e. The van der Waals surface area contributed by atoms with E-state index in [0.29, 0.717) is 5.56 Å². The van der Waals surface area contributed by atoms with Crippen LogP contribution in [-0.4, -0.2) is 10.1 Å². The fourth-order valence-electron chi connectivity index (χ4n) is 0.805. The van der Waals surface area contributed by atoms with Crippen LogP contribution < -0.4 is 5.56 Å². The predicted molar refractivity (Wildman–Crippen MR) is 39.7 cm³/mol. The number of hydrogen-bond donors (Lipinski definition) is 2. The number of nitrogens with zero attached hydrogens (tertiary/aromatic N) is 1. The maximum Gasteiger partial charge on any atom is 0.248 e. The molecule has 1 rings (SSSR count). The van der Waals surface area contributed by atoms with Crippen LogP contribution in [0, 0.1) is 13.5 Å². The number of nitrogens with one attached hydrogen (secondary N) is 1. The molecule has 0 aromatic carbocycles. The minimum Gasteiger partial charge on any atom is -0.503 e. The molecule has 0 bridgehead atoms. The van der Waals surface area contributed by atoms with Gasteiger partial charge in [0.05, 0.1) is 6.57 Å². The van der Waals surface area contributed by atoms with Crippen molar-refractivity contribution in [3.8, 4) is 5.88 Å². The van der Waals surface area contributed by atoms with Crippen molar-refractivity contribution >= 4 is 5.69 Å². The lowest BCUT2D eigenvalue weighted by Gasteiger charge is -1.97. The molecular weight excluding hydrogens is 144 g/mol. The minimum absolute atomic E-state index is 0.101. The topological polar surface area (TPSA) is 57.5 Å². The summed E-state index contributed by atoms with van der Waals surface area (Å²) in [7, 11) is 0. The van der Waals surface area contributed by atoms with Gasteiger partial charge in [0.2, 0.25) is 11.2 Å². The van der Waals surface area contributed by atoms with Gasteiger partial charge in [0.15, 0.2) is 5.88 Å². The Morgan fingerprint density at radius 3 is 2.82 bits per heavy atom. The van der Waals surface area contributed by atoms with Crippen molar-refractivity contribution in [1.82, 2.24) is 4.98 Å². The highest BCUT2D eigenvalue weighted by atomic mass is 16.3. The molecule has 0 unspecified atom stereocenters. The summed E-state index contributed by atoms with van der Waals surface area (Å²) in [6.07, 6.45) is 0. The van der Waals surface area contributed by atoms with Gasteiger partial charge < -0.3 is 10.1 Å². The van der Waals surface area contributed by atoms with E-state index in [4.69, 9.17) is 11.7 Å². The molecule has 0 saturated heterocycles. The third kappa shape index (κ3) is 1.22. The Labute approximate surface area is 62.9 Å². The van der Waals surface area contributed by atoms with Gasteiger partial charge >= 0.3 is 0 Å². The highest BCUT2D eigenvalue weighted by Gasteiger charge is 2.04. The van der Waals surface area contributed by atoms with Crippen molar-refractivity contribution in [2.24, 2.45) is 0 Å². The van der Waals surface area contributed by atoms with Crippen molar-refractivity contribution in [3.63, 3.8) is 0 Å². The van der Waals surface area contributed by atoms with Crippen LogP contribution in [0.25, 0.3) is 4.85 Å². The molecule has 11 heavy (non-hydrogen) atoms. The second kappa shape index (κ2) is 2.46. The number of aromatic amines is 1. The summed E-state index contributed by atoms with van der Waals surface area (Å²) in [5.74, 6) is -0.356. The number of aromatic hydroxyl groups is 1. The number of pyridine rings is 1. The molecule has 0 aliphatic rings. The molecule has 0 atom stereocenters. The van der Waals surface area contributed by atoms with E-state index in [1.165, 1.54) is 6.07 Å². The van der Waals surface area contributed by atoms with Gasteiger partial charge in [-0.25, -0.2) is 4.85 Å². The van der Waals surface area contributed by atoms with Gasteiger partial charge in [0.25, 0.3) is 0 Å². The lowest BCUT2D eigenvalue weighted by molar-refractivity contribution is 0.455. The van der Waals surface area contributed by atoms with Gasteiger partial charge in [-0.05, 0) is 18.6 Å². The molecule has 0 aliphatic heterocycles. The number of H-pyrrole nitrogens is 1. The van der Waals surface area contributed by atoms with Crippen molar-refractivity contribution in [3.05, 3.63) is 33.4 Å². The van der Waals surface area contributed by atoms with Crippen molar-refractivity contribution in [2.45, 2.75) is 6.92 Å². The van der Waals surface area contributed by atoms with Gasteiger partial charge in [0, 0.05) is 0 Å². The van der Waals surface area contributed by atoms with Gasteiger partial charge in [-0.2, -0.15) is 0 Å². The van der Waals surface area contributed by atoms with Crippen molar-refractivity contribution in [2.75, 3.05) is 0 Å². The minimum atomic E-state index is -0.396. The standard InChI is InChI=1S/C7H6N2O2/c1-4-3-5(10)9-7(11)6(4)8-2/h3H,1H3,(H2,9,10,11). The molecule has 1 heterocycles. The van der Waals surface area contributed by atoms with E-state index >= 15 is 0 Å². The van der Waals surface area contributed by atoms with E-state index in [2.05, 4.69) is 9.83 Å². The molecule has 56 valence electrons. The average molecular weight is 150 g/mol. The zero-order valence-corrected chi connectivity index (χ0v) is 5.88. The van der Waals surface area contributed by atoms with E-state index in [9.17, 15) is 4.79 Å². The van der Waals surface area contributed by atoms with Crippen LogP contribution in [0.2, 0.25) is 0 Å². The molecular formula is C7H6N2O2. The Balaban J connectivity index is 3.52. The molecule has 2 N–H and O–H groups in total. The summed E-state index contributed by atoms with van der Waals surface area (Å²) in [5, 5.41) is 9.00. The fraction of sp³-hybridized carbons (Fsp3) is 0.143. The monoisotopic (exact) mass is 150 g/mol. The number of rotatable bonds is 0. The van der Waals surface area contributed by atoms with Crippen LogP contribution in [0.4, 0.5) is 5.69 Å². The summed E-state index contributed by atoms with van der Waals surface area (Å²) in [5.41, 5.74) is 0.193. The first-order valence-corrected chi connectivity index (χ1v) is 2.95. The molecule has 4 heteroatoms. The Hall–Kier alpha value is -1.76. The van der Waals surface area contributed by atoms with Crippen LogP contribution in [0.15, 0.2) is 10.9 Å². The second-order valence-corrected chi connectivity index (χ2v) is 2.13. The molecule has 0 spiro atoms. The zero-order valence-electron chi connectivity index (χ0n) is 5.88. The summed E-state index contributed by atoms with van der Waals surface area (Å²) >= 11 is 0. The molecule has 0 fully saturated rings. The van der Waals surface area contributed by atoms with Gasteiger partial charge in [-0.3, -0.25) is 4.79 Å². The van der Waals surface area contributed by atoms with E-state index in [0.717, 1.165) is 0 Å². The summed E-state index contributed by atoms with van der Waals surface area (Å²) in [6, 6.07) is 1.27. The van der Waals surface area contributed by atoms with Crippen molar-refractivity contribution in [1.29, 1.82) is 0 Å². The Bertz CT molecular complexity index is 347. The predicted octanol–water partition coefficient (Wildman–Crippen LogP) is 0.940. The van der Waals surface area contributed by atoms with E-state index < -0.39 is 5.56 Å².